The Morgan fingerprint density at radius 3 is 2.33 bits per heavy atom. The van der Waals surface area contributed by atoms with Crippen LogP contribution in [0.5, 0.6) is 0 Å². The Hall–Kier alpha value is -3.37. The summed E-state index contributed by atoms with van der Waals surface area (Å²) in [5.41, 5.74) is 9.69. The molecule has 0 saturated carbocycles. The standard InChI is InChI=1S/C23H27N7/c1-16(2)29-13-11-19(12-14-29)18-5-7-20(8-6-18)26-23-27-22(25)30(28-23)21-9-3-17(15-24)4-10-21/h3-10,16,19H,11-14H2,1-2H3,(H3,25,26,27,28). The molecule has 1 saturated heterocycles. The normalized spacial score (nSPS) is 15.3. The molecule has 7 heteroatoms. The molecule has 1 fully saturated rings. The van der Waals surface area contributed by atoms with E-state index >= 15 is 0 Å². The number of hydrogen-bond acceptors (Lipinski definition) is 6. The van der Waals surface area contributed by atoms with Gasteiger partial charge in [-0.05, 0) is 87.7 Å². The lowest BCUT2D eigenvalue weighted by Crippen LogP contribution is -2.37. The number of likely N-dealkylation sites (tertiary alicyclic amines) is 1. The monoisotopic (exact) mass is 401 g/mol. The van der Waals surface area contributed by atoms with E-state index in [2.05, 4.69) is 64.5 Å². The van der Waals surface area contributed by atoms with Gasteiger partial charge in [0.2, 0.25) is 11.9 Å². The quantitative estimate of drug-likeness (QED) is 0.669. The maximum absolute atomic E-state index is 8.94. The Bertz CT molecular complexity index is 1020. The van der Waals surface area contributed by atoms with Crippen LogP contribution in [0.3, 0.4) is 0 Å². The van der Waals surface area contributed by atoms with Gasteiger partial charge < -0.3 is 16.0 Å². The lowest BCUT2D eigenvalue weighted by atomic mass is 9.89. The molecule has 0 bridgehead atoms. The predicted octanol–water partition coefficient (Wildman–Crippen LogP) is 4.05. The third kappa shape index (κ3) is 4.29. The van der Waals surface area contributed by atoms with E-state index in [0.717, 1.165) is 24.5 Å². The van der Waals surface area contributed by atoms with E-state index in [0.29, 0.717) is 23.5 Å². The first kappa shape index (κ1) is 19.9. The molecule has 30 heavy (non-hydrogen) atoms. The van der Waals surface area contributed by atoms with Gasteiger partial charge in [0.05, 0.1) is 17.3 Å². The molecule has 0 amide bonds. The van der Waals surface area contributed by atoms with Gasteiger partial charge in [-0.25, -0.2) is 0 Å². The van der Waals surface area contributed by atoms with Gasteiger partial charge in [-0.2, -0.15) is 14.9 Å². The number of anilines is 3. The number of rotatable bonds is 5. The highest BCUT2D eigenvalue weighted by Crippen LogP contribution is 2.30. The molecule has 1 aliphatic rings. The van der Waals surface area contributed by atoms with Crippen molar-refractivity contribution in [2.45, 2.75) is 38.6 Å². The largest absolute Gasteiger partial charge is 0.368 e. The van der Waals surface area contributed by atoms with E-state index in [1.165, 1.54) is 18.4 Å². The van der Waals surface area contributed by atoms with Gasteiger partial charge in [-0.3, -0.25) is 0 Å². The Morgan fingerprint density at radius 1 is 1.07 bits per heavy atom. The van der Waals surface area contributed by atoms with Gasteiger partial charge in [0.15, 0.2) is 0 Å². The van der Waals surface area contributed by atoms with Gasteiger partial charge in [0.25, 0.3) is 0 Å². The van der Waals surface area contributed by atoms with Crippen molar-refractivity contribution in [2.24, 2.45) is 0 Å². The number of hydrogen-bond donors (Lipinski definition) is 2. The van der Waals surface area contributed by atoms with Crippen LogP contribution in [-0.4, -0.2) is 38.8 Å². The number of nitriles is 1. The second-order valence-corrected chi connectivity index (χ2v) is 8.02. The summed E-state index contributed by atoms with van der Waals surface area (Å²) in [7, 11) is 0. The second-order valence-electron chi connectivity index (χ2n) is 8.02. The SMILES string of the molecule is CC(C)N1CCC(c2ccc(Nc3nc(N)n(-c4ccc(C#N)cc4)n3)cc2)CC1. The highest BCUT2D eigenvalue weighted by Gasteiger charge is 2.22. The molecular weight excluding hydrogens is 374 g/mol. The Balaban J connectivity index is 1.42. The van der Waals surface area contributed by atoms with Crippen molar-refractivity contribution < 1.29 is 0 Å². The molecule has 3 N–H and O–H groups in total. The summed E-state index contributed by atoms with van der Waals surface area (Å²) < 4.78 is 1.56. The second kappa shape index (κ2) is 8.56. The van der Waals surface area contributed by atoms with E-state index < -0.39 is 0 Å². The van der Waals surface area contributed by atoms with Crippen molar-refractivity contribution in [3.63, 3.8) is 0 Å². The summed E-state index contributed by atoms with van der Waals surface area (Å²) in [6.07, 6.45) is 2.41. The minimum atomic E-state index is 0.288. The fourth-order valence-electron chi connectivity index (χ4n) is 3.96. The maximum Gasteiger partial charge on any atom is 0.248 e. The first-order valence-electron chi connectivity index (χ1n) is 10.4. The lowest BCUT2D eigenvalue weighted by Gasteiger charge is -2.34. The number of nitrogen functional groups attached to an aromatic ring is 1. The molecule has 1 aliphatic heterocycles. The molecule has 4 rings (SSSR count). The summed E-state index contributed by atoms with van der Waals surface area (Å²) in [6, 6.07) is 18.3. The first-order chi connectivity index (χ1) is 14.5. The van der Waals surface area contributed by atoms with Crippen molar-refractivity contribution in [2.75, 3.05) is 24.1 Å². The van der Waals surface area contributed by atoms with Gasteiger partial charge in [0.1, 0.15) is 0 Å². The minimum Gasteiger partial charge on any atom is -0.368 e. The summed E-state index contributed by atoms with van der Waals surface area (Å²) in [5.74, 6) is 1.35. The van der Waals surface area contributed by atoms with Crippen LogP contribution in [0.2, 0.25) is 0 Å². The number of aromatic nitrogens is 3. The highest BCUT2D eigenvalue weighted by atomic mass is 15.4. The molecule has 2 aromatic carbocycles. The van der Waals surface area contributed by atoms with Crippen molar-refractivity contribution in [1.82, 2.24) is 19.7 Å². The van der Waals surface area contributed by atoms with E-state index in [9.17, 15) is 0 Å². The van der Waals surface area contributed by atoms with E-state index in [1.54, 1.807) is 28.9 Å². The van der Waals surface area contributed by atoms with Crippen LogP contribution in [0.25, 0.3) is 5.69 Å². The first-order valence-corrected chi connectivity index (χ1v) is 10.4. The zero-order chi connectivity index (χ0) is 21.1. The topological polar surface area (TPSA) is 95.8 Å². The van der Waals surface area contributed by atoms with Crippen LogP contribution in [0.1, 0.15) is 43.7 Å². The Morgan fingerprint density at radius 2 is 1.73 bits per heavy atom. The van der Waals surface area contributed by atoms with Gasteiger partial charge >= 0.3 is 0 Å². The van der Waals surface area contributed by atoms with Crippen LogP contribution < -0.4 is 11.1 Å². The van der Waals surface area contributed by atoms with Gasteiger partial charge in [-0.15, -0.1) is 5.10 Å². The molecule has 1 aromatic heterocycles. The van der Waals surface area contributed by atoms with E-state index in [4.69, 9.17) is 11.0 Å². The predicted molar refractivity (Wildman–Crippen MR) is 119 cm³/mol. The molecule has 0 atom stereocenters. The van der Waals surface area contributed by atoms with Crippen molar-refractivity contribution >= 4 is 17.6 Å². The summed E-state index contributed by atoms with van der Waals surface area (Å²) in [6.45, 7) is 6.87. The van der Waals surface area contributed by atoms with Crippen LogP contribution in [-0.2, 0) is 0 Å². The molecule has 3 aromatic rings. The molecule has 0 unspecified atom stereocenters. The number of benzene rings is 2. The van der Waals surface area contributed by atoms with Gasteiger partial charge in [0, 0.05) is 11.7 Å². The number of nitrogens with one attached hydrogen (secondary N) is 1. The summed E-state index contributed by atoms with van der Waals surface area (Å²) >= 11 is 0. The molecular formula is C23H27N7. The fourth-order valence-corrected chi connectivity index (χ4v) is 3.96. The Kier molecular flexibility index (Phi) is 5.68. The van der Waals surface area contributed by atoms with Crippen molar-refractivity contribution in [3.8, 4) is 11.8 Å². The zero-order valence-corrected chi connectivity index (χ0v) is 17.4. The average Bonchev–Trinajstić information content (AvgIpc) is 3.14. The molecule has 154 valence electrons. The third-order valence-electron chi connectivity index (χ3n) is 5.77. The van der Waals surface area contributed by atoms with E-state index in [-0.39, 0.29) is 5.95 Å². The van der Waals surface area contributed by atoms with Crippen LogP contribution in [0.4, 0.5) is 17.6 Å². The molecule has 2 heterocycles. The molecule has 0 spiro atoms. The maximum atomic E-state index is 8.94. The fraction of sp³-hybridized carbons (Fsp3) is 0.348. The smallest absolute Gasteiger partial charge is 0.248 e. The third-order valence-corrected chi connectivity index (χ3v) is 5.77. The molecule has 0 radical (unpaired) electrons. The number of nitrogens with two attached hydrogens (primary N) is 1. The number of piperidine rings is 1. The summed E-state index contributed by atoms with van der Waals surface area (Å²) in [5, 5.41) is 16.6. The minimum absolute atomic E-state index is 0.288. The average molecular weight is 402 g/mol. The zero-order valence-electron chi connectivity index (χ0n) is 17.4. The van der Waals surface area contributed by atoms with Crippen LogP contribution in [0, 0.1) is 11.3 Å². The molecule has 0 aliphatic carbocycles. The van der Waals surface area contributed by atoms with Crippen LogP contribution in [0.15, 0.2) is 48.5 Å². The van der Waals surface area contributed by atoms with Gasteiger partial charge in [-0.1, -0.05) is 12.1 Å². The van der Waals surface area contributed by atoms with Crippen molar-refractivity contribution in [3.05, 3.63) is 59.7 Å². The lowest BCUT2D eigenvalue weighted by molar-refractivity contribution is 0.172. The molecule has 7 nitrogen and oxygen atoms in total. The van der Waals surface area contributed by atoms with E-state index in [1.807, 2.05) is 0 Å². The Labute approximate surface area is 177 Å². The number of nitrogens with zero attached hydrogens (tertiary/aromatic N) is 5. The van der Waals surface area contributed by atoms with Crippen molar-refractivity contribution in [1.29, 1.82) is 5.26 Å². The van der Waals surface area contributed by atoms with Crippen LogP contribution >= 0.6 is 0 Å². The highest BCUT2D eigenvalue weighted by molar-refractivity contribution is 5.55. The summed E-state index contributed by atoms with van der Waals surface area (Å²) in [4.78, 5) is 6.86.